The summed E-state index contributed by atoms with van der Waals surface area (Å²) in [6, 6.07) is 8.32. The van der Waals surface area contributed by atoms with Gasteiger partial charge in [0.25, 0.3) is 0 Å². The Bertz CT molecular complexity index is 503. The second kappa shape index (κ2) is 5.25. The van der Waals surface area contributed by atoms with Crippen molar-refractivity contribution >= 4 is 5.95 Å². The molecule has 1 aromatic heterocycles. The molecule has 0 saturated carbocycles. The number of tetrazole rings is 1. The Labute approximate surface area is 100 Å². The van der Waals surface area contributed by atoms with Gasteiger partial charge >= 0.3 is 0 Å². The Morgan fingerprint density at radius 1 is 1.47 bits per heavy atom. The Hall–Kier alpha value is -2.17. The van der Waals surface area contributed by atoms with E-state index in [-0.39, 0.29) is 0 Å². The highest BCUT2D eigenvalue weighted by atomic mass is 15.6. The Morgan fingerprint density at radius 2 is 2.35 bits per heavy atom. The minimum absolute atomic E-state index is 0.600. The van der Waals surface area contributed by atoms with Crippen molar-refractivity contribution in [3.8, 4) is 0 Å². The molecular weight excluding hydrogens is 214 g/mol. The zero-order chi connectivity index (χ0) is 12.1. The van der Waals surface area contributed by atoms with Gasteiger partial charge in [-0.05, 0) is 22.9 Å². The first kappa shape index (κ1) is 11.3. The minimum atomic E-state index is 0.600. The lowest BCUT2D eigenvalue weighted by Gasteiger charge is -2.06. The molecule has 2 rings (SSSR count). The molecule has 0 saturated heterocycles. The lowest BCUT2D eigenvalue weighted by atomic mass is 10.1. The molecule has 1 N–H and O–H groups in total. The van der Waals surface area contributed by atoms with Crippen LogP contribution in [0.1, 0.15) is 11.1 Å². The van der Waals surface area contributed by atoms with E-state index in [2.05, 4.69) is 52.5 Å². The summed E-state index contributed by atoms with van der Waals surface area (Å²) in [4.78, 5) is 0. The Morgan fingerprint density at radius 3 is 3.12 bits per heavy atom. The van der Waals surface area contributed by atoms with Crippen LogP contribution in [0.2, 0.25) is 0 Å². The van der Waals surface area contributed by atoms with Gasteiger partial charge in [0.05, 0.1) is 6.54 Å². The van der Waals surface area contributed by atoms with Crippen LogP contribution in [0.25, 0.3) is 0 Å². The Kier molecular flexibility index (Phi) is 3.49. The van der Waals surface area contributed by atoms with Crippen molar-refractivity contribution in [1.29, 1.82) is 0 Å². The van der Waals surface area contributed by atoms with Crippen molar-refractivity contribution < 1.29 is 0 Å². The number of nitrogens with zero attached hydrogens (tertiary/aromatic N) is 4. The van der Waals surface area contributed by atoms with Gasteiger partial charge in [-0.3, -0.25) is 0 Å². The minimum Gasteiger partial charge on any atom is -0.349 e. The molecule has 5 heteroatoms. The molecule has 0 spiro atoms. The summed E-state index contributed by atoms with van der Waals surface area (Å²) < 4.78 is 1.67. The molecule has 0 fully saturated rings. The SMILES string of the molecule is C=CCn1nnnc1NCc1cccc(C)c1. The molecule has 0 amide bonds. The van der Waals surface area contributed by atoms with Crippen LogP contribution in [-0.2, 0) is 13.1 Å². The van der Waals surface area contributed by atoms with Crippen LogP contribution in [0.4, 0.5) is 5.95 Å². The topological polar surface area (TPSA) is 55.6 Å². The lowest BCUT2D eigenvalue weighted by Crippen LogP contribution is -2.08. The van der Waals surface area contributed by atoms with Crippen LogP contribution < -0.4 is 5.32 Å². The van der Waals surface area contributed by atoms with Crippen molar-refractivity contribution in [1.82, 2.24) is 20.2 Å². The number of hydrogen-bond donors (Lipinski definition) is 1. The summed E-state index contributed by atoms with van der Waals surface area (Å²) in [6.45, 7) is 7.04. The number of benzene rings is 1. The van der Waals surface area contributed by atoms with Crippen molar-refractivity contribution in [2.75, 3.05) is 5.32 Å². The zero-order valence-corrected chi connectivity index (χ0v) is 9.80. The monoisotopic (exact) mass is 229 g/mol. The molecule has 0 atom stereocenters. The molecule has 1 heterocycles. The number of hydrogen-bond acceptors (Lipinski definition) is 4. The highest BCUT2D eigenvalue weighted by Crippen LogP contribution is 2.07. The maximum atomic E-state index is 3.92. The van der Waals surface area contributed by atoms with Crippen molar-refractivity contribution in [2.45, 2.75) is 20.0 Å². The molecule has 0 aliphatic rings. The average molecular weight is 229 g/mol. The standard InChI is InChI=1S/C12H15N5/c1-3-7-17-12(14-15-16-17)13-9-11-6-4-5-10(2)8-11/h3-6,8H,1,7,9H2,2H3,(H,13,14,16). The van der Waals surface area contributed by atoms with Gasteiger partial charge < -0.3 is 5.32 Å². The largest absolute Gasteiger partial charge is 0.349 e. The van der Waals surface area contributed by atoms with Gasteiger partial charge in [-0.25, -0.2) is 4.68 Å². The van der Waals surface area contributed by atoms with E-state index < -0.39 is 0 Å². The van der Waals surface area contributed by atoms with E-state index in [9.17, 15) is 0 Å². The van der Waals surface area contributed by atoms with Crippen LogP contribution in [0, 0.1) is 6.92 Å². The first-order valence-corrected chi connectivity index (χ1v) is 5.46. The quantitative estimate of drug-likeness (QED) is 0.794. The van der Waals surface area contributed by atoms with Crippen LogP contribution in [0.3, 0.4) is 0 Å². The molecule has 1 aromatic carbocycles. The number of rotatable bonds is 5. The van der Waals surface area contributed by atoms with Crippen LogP contribution in [-0.4, -0.2) is 20.2 Å². The summed E-state index contributed by atoms with van der Waals surface area (Å²) in [6.07, 6.45) is 1.76. The molecule has 2 aromatic rings. The van der Waals surface area contributed by atoms with Gasteiger partial charge in [-0.1, -0.05) is 41.0 Å². The second-order valence-electron chi connectivity index (χ2n) is 3.82. The van der Waals surface area contributed by atoms with E-state index >= 15 is 0 Å². The van der Waals surface area contributed by atoms with E-state index in [1.54, 1.807) is 10.8 Å². The molecule has 0 bridgehead atoms. The predicted molar refractivity (Wildman–Crippen MR) is 66.5 cm³/mol. The van der Waals surface area contributed by atoms with Crippen LogP contribution >= 0.6 is 0 Å². The van der Waals surface area contributed by atoms with E-state index in [1.807, 2.05) is 6.07 Å². The third-order valence-corrected chi connectivity index (χ3v) is 2.37. The van der Waals surface area contributed by atoms with Crippen molar-refractivity contribution in [3.05, 3.63) is 48.0 Å². The maximum absolute atomic E-state index is 3.92. The lowest BCUT2D eigenvalue weighted by molar-refractivity contribution is 0.663. The zero-order valence-electron chi connectivity index (χ0n) is 9.80. The maximum Gasteiger partial charge on any atom is 0.243 e. The van der Waals surface area contributed by atoms with Gasteiger partial charge in [-0.15, -0.1) is 6.58 Å². The molecule has 17 heavy (non-hydrogen) atoms. The van der Waals surface area contributed by atoms with Crippen LogP contribution in [0.15, 0.2) is 36.9 Å². The summed E-state index contributed by atoms with van der Waals surface area (Å²) >= 11 is 0. The number of allylic oxidation sites excluding steroid dienone is 1. The highest BCUT2D eigenvalue weighted by Gasteiger charge is 2.03. The molecule has 0 radical (unpaired) electrons. The average Bonchev–Trinajstić information content (AvgIpc) is 2.75. The van der Waals surface area contributed by atoms with E-state index in [1.165, 1.54) is 11.1 Å². The smallest absolute Gasteiger partial charge is 0.243 e. The molecule has 0 aliphatic carbocycles. The summed E-state index contributed by atoms with van der Waals surface area (Å²) in [5.41, 5.74) is 2.45. The van der Waals surface area contributed by atoms with Crippen molar-refractivity contribution in [3.63, 3.8) is 0 Å². The van der Waals surface area contributed by atoms with Gasteiger partial charge in [-0.2, -0.15) is 0 Å². The molecule has 0 unspecified atom stereocenters. The summed E-state index contributed by atoms with van der Waals surface area (Å²) in [5, 5.41) is 14.6. The number of aryl methyl sites for hydroxylation is 1. The van der Waals surface area contributed by atoms with E-state index in [4.69, 9.17) is 0 Å². The van der Waals surface area contributed by atoms with Gasteiger partial charge in [0.15, 0.2) is 0 Å². The fourth-order valence-electron chi connectivity index (χ4n) is 1.58. The molecule has 88 valence electrons. The molecule has 5 nitrogen and oxygen atoms in total. The van der Waals surface area contributed by atoms with Gasteiger partial charge in [0.2, 0.25) is 5.95 Å². The summed E-state index contributed by atoms with van der Waals surface area (Å²) in [7, 11) is 0. The second-order valence-corrected chi connectivity index (χ2v) is 3.82. The number of aromatic nitrogens is 4. The highest BCUT2D eigenvalue weighted by molar-refractivity contribution is 5.28. The third-order valence-electron chi connectivity index (χ3n) is 2.37. The van der Waals surface area contributed by atoms with E-state index in [0.717, 1.165) is 0 Å². The molecule has 0 aliphatic heterocycles. The normalized spacial score (nSPS) is 10.2. The fourth-order valence-corrected chi connectivity index (χ4v) is 1.58. The predicted octanol–water partition coefficient (Wildman–Crippen LogP) is 1.78. The third kappa shape index (κ3) is 2.90. The first-order chi connectivity index (χ1) is 8.29. The van der Waals surface area contributed by atoms with Gasteiger partial charge in [0, 0.05) is 6.54 Å². The number of anilines is 1. The van der Waals surface area contributed by atoms with E-state index in [0.29, 0.717) is 19.0 Å². The fraction of sp³-hybridized carbons (Fsp3) is 0.250. The van der Waals surface area contributed by atoms with Crippen LogP contribution in [0.5, 0.6) is 0 Å². The van der Waals surface area contributed by atoms with Gasteiger partial charge in [0.1, 0.15) is 0 Å². The Balaban J connectivity index is 2.02. The van der Waals surface area contributed by atoms with Crippen molar-refractivity contribution in [2.24, 2.45) is 0 Å². The molecular formula is C12H15N5. The number of nitrogens with one attached hydrogen (secondary N) is 1. The first-order valence-electron chi connectivity index (χ1n) is 5.46. The summed E-state index contributed by atoms with van der Waals surface area (Å²) in [5.74, 6) is 0.659.